The van der Waals surface area contributed by atoms with E-state index >= 15 is 0 Å². The first-order valence-corrected chi connectivity index (χ1v) is 6.12. The highest BCUT2D eigenvalue weighted by Gasteiger charge is 1.99. The Kier molecular flexibility index (Phi) is 5.48. The quantitative estimate of drug-likeness (QED) is 0.740. The fourth-order valence-corrected chi connectivity index (χ4v) is 2.21. The van der Waals surface area contributed by atoms with E-state index in [2.05, 4.69) is 18.3 Å². The molecule has 0 aliphatic heterocycles. The van der Waals surface area contributed by atoms with Crippen molar-refractivity contribution < 1.29 is 0 Å². The molecule has 14 heavy (non-hydrogen) atoms. The van der Waals surface area contributed by atoms with Crippen molar-refractivity contribution >= 4 is 22.9 Å². The van der Waals surface area contributed by atoms with Gasteiger partial charge in [-0.3, -0.25) is 0 Å². The molecule has 0 saturated carbocycles. The SMILES string of the molecule is CCC(N)CCNCc1ccc(Cl)s1. The number of hydrogen-bond donors (Lipinski definition) is 2. The van der Waals surface area contributed by atoms with Crippen LogP contribution in [0.4, 0.5) is 0 Å². The van der Waals surface area contributed by atoms with Crippen LogP contribution in [0.15, 0.2) is 12.1 Å². The first kappa shape index (κ1) is 12.0. The Balaban J connectivity index is 2.10. The van der Waals surface area contributed by atoms with Crippen LogP contribution in [0.2, 0.25) is 4.34 Å². The van der Waals surface area contributed by atoms with Crippen LogP contribution in [0.25, 0.3) is 0 Å². The maximum Gasteiger partial charge on any atom is 0.0931 e. The van der Waals surface area contributed by atoms with Crippen molar-refractivity contribution in [2.75, 3.05) is 6.54 Å². The number of rotatable bonds is 6. The highest BCUT2D eigenvalue weighted by Crippen LogP contribution is 2.20. The molecule has 1 rings (SSSR count). The van der Waals surface area contributed by atoms with Gasteiger partial charge in [-0.2, -0.15) is 0 Å². The molecule has 0 aliphatic carbocycles. The normalized spacial score (nSPS) is 13.1. The van der Waals surface area contributed by atoms with Crippen LogP contribution in [0.5, 0.6) is 0 Å². The average molecular weight is 233 g/mol. The van der Waals surface area contributed by atoms with Gasteiger partial charge in [-0.15, -0.1) is 11.3 Å². The lowest BCUT2D eigenvalue weighted by atomic mass is 10.2. The monoisotopic (exact) mass is 232 g/mol. The minimum Gasteiger partial charge on any atom is -0.328 e. The molecule has 4 heteroatoms. The fraction of sp³-hybridized carbons (Fsp3) is 0.600. The molecular formula is C10H17ClN2S. The van der Waals surface area contributed by atoms with E-state index in [0.717, 1.165) is 30.3 Å². The van der Waals surface area contributed by atoms with Crippen LogP contribution in [-0.2, 0) is 6.54 Å². The zero-order valence-electron chi connectivity index (χ0n) is 8.42. The Bertz CT molecular complexity index is 262. The Morgan fingerprint density at radius 3 is 2.93 bits per heavy atom. The molecule has 80 valence electrons. The Hall–Kier alpha value is -0.0900. The van der Waals surface area contributed by atoms with Crippen LogP contribution < -0.4 is 11.1 Å². The van der Waals surface area contributed by atoms with E-state index in [4.69, 9.17) is 17.3 Å². The topological polar surface area (TPSA) is 38.0 Å². The lowest BCUT2D eigenvalue weighted by Crippen LogP contribution is -2.25. The second-order valence-corrected chi connectivity index (χ2v) is 5.14. The number of halogens is 1. The molecule has 0 aromatic carbocycles. The smallest absolute Gasteiger partial charge is 0.0931 e. The van der Waals surface area contributed by atoms with E-state index in [-0.39, 0.29) is 0 Å². The van der Waals surface area contributed by atoms with Crippen molar-refractivity contribution in [1.82, 2.24) is 5.32 Å². The second kappa shape index (κ2) is 6.40. The molecule has 0 aliphatic rings. The largest absolute Gasteiger partial charge is 0.328 e. The van der Waals surface area contributed by atoms with E-state index in [1.165, 1.54) is 4.88 Å². The molecule has 0 spiro atoms. The zero-order chi connectivity index (χ0) is 10.4. The van der Waals surface area contributed by atoms with Crippen LogP contribution in [0.1, 0.15) is 24.6 Å². The highest BCUT2D eigenvalue weighted by atomic mass is 35.5. The standard InChI is InChI=1S/C10H17ClN2S/c1-2-8(12)5-6-13-7-9-3-4-10(11)14-9/h3-4,8,13H,2,5-7,12H2,1H3. The third-order valence-corrected chi connectivity index (χ3v) is 3.38. The lowest BCUT2D eigenvalue weighted by molar-refractivity contribution is 0.551. The Morgan fingerprint density at radius 2 is 2.36 bits per heavy atom. The van der Waals surface area contributed by atoms with Crippen molar-refractivity contribution in [3.63, 3.8) is 0 Å². The van der Waals surface area contributed by atoms with Crippen LogP contribution in [0, 0.1) is 0 Å². The van der Waals surface area contributed by atoms with Gasteiger partial charge < -0.3 is 11.1 Å². The van der Waals surface area contributed by atoms with Gasteiger partial charge in [0.15, 0.2) is 0 Å². The summed E-state index contributed by atoms with van der Waals surface area (Å²) in [5.41, 5.74) is 5.80. The number of nitrogens with two attached hydrogens (primary N) is 1. The van der Waals surface area contributed by atoms with Gasteiger partial charge in [-0.05, 0) is 31.5 Å². The predicted octanol–water partition coefficient (Wildman–Crippen LogP) is 2.62. The first-order valence-electron chi connectivity index (χ1n) is 4.93. The van der Waals surface area contributed by atoms with Gasteiger partial charge >= 0.3 is 0 Å². The number of nitrogens with one attached hydrogen (secondary N) is 1. The van der Waals surface area contributed by atoms with Crippen LogP contribution >= 0.6 is 22.9 Å². The summed E-state index contributed by atoms with van der Waals surface area (Å²) in [5, 5.41) is 3.35. The summed E-state index contributed by atoms with van der Waals surface area (Å²) in [4.78, 5) is 1.28. The number of thiophene rings is 1. The summed E-state index contributed by atoms with van der Waals surface area (Å²) in [6.07, 6.45) is 2.09. The van der Waals surface area contributed by atoms with Gasteiger partial charge in [0.2, 0.25) is 0 Å². The van der Waals surface area contributed by atoms with E-state index in [1.54, 1.807) is 11.3 Å². The molecule has 0 saturated heterocycles. The third-order valence-electron chi connectivity index (χ3n) is 2.14. The van der Waals surface area contributed by atoms with E-state index in [9.17, 15) is 0 Å². The summed E-state index contributed by atoms with van der Waals surface area (Å²) in [7, 11) is 0. The van der Waals surface area contributed by atoms with Gasteiger partial charge in [0, 0.05) is 17.5 Å². The zero-order valence-corrected chi connectivity index (χ0v) is 10.00. The molecule has 0 fully saturated rings. The van der Waals surface area contributed by atoms with Crippen molar-refractivity contribution in [3.8, 4) is 0 Å². The maximum absolute atomic E-state index is 5.82. The molecule has 2 nitrogen and oxygen atoms in total. The molecule has 3 N–H and O–H groups in total. The van der Waals surface area contributed by atoms with Crippen LogP contribution in [0.3, 0.4) is 0 Å². The first-order chi connectivity index (χ1) is 6.72. The molecule has 0 amide bonds. The molecule has 1 atom stereocenters. The summed E-state index contributed by atoms with van der Waals surface area (Å²) in [6, 6.07) is 4.32. The van der Waals surface area contributed by atoms with Crippen molar-refractivity contribution in [3.05, 3.63) is 21.3 Å². The van der Waals surface area contributed by atoms with Crippen molar-refractivity contribution in [1.29, 1.82) is 0 Å². The second-order valence-electron chi connectivity index (χ2n) is 3.34. The minimum absolute atomic E-state index is 0.328. The van der Waals surface area contributed by atoms with Gasteiger partial charge in [0.1, 0.15) is 0 Å². The Labute approximate surface area is 94.5 Å². The molecule has 0 radical (unpaired) electrons. The predicted molar refractivity (Wildman–Crippen MR) is 63.9 cm³/mol. The minimum atomic E-state index is 0.328. The average Bonchev–Trinajstić information content (AvgIpc) is 2.58. The Morgan fingerprint density at radius 1 is 1.57 bits per heavy atom. The maximum atomic E-state index is 5.82. The van der Waals surface area contributed by atoms with Crippen LogP contribution in [-0.4, -0.2) is 12.6 Å². The third kappa shape index (κ3) is 4.42. The van der Waals surface area contributed by atoms with Gasteiger partial charge in [-0.25, -0.2) is 0 Å². The summed E-state index contributed by atoms with van der Waals surface area (Å²) < 4.78 is 0.854. The van der Waals surface area contributed by atoms with E-state index < -0.39 is 0 Å². The molecule has 1 unspecified atom stereocenters. The van der Waals surface area contributed by atoms with Gasteiger partial charge in [0.05, 0.1) is 4.34 Å². The van der Waals surface area contributed by atoms with Gasteiger partial charge in [-0.1, -0.05) is 18.5 Å². The van der Waals surface area contributed by atoms with E-state index in [0.29, 0.717) is 6.04 Å². The number of hydrogen-bond acceptors (Lipinski definition) is 3. The summed E-state index contributed by atoms with van der Waals surface area (Å²) >= 11 is 7.44. The highest BCUT2D eigenvalue weighted by molar-refractivity contribution is 7.16. The lowest BCUT2D eigenvalue weighted by Gasteiger charge is -2.08. The molecule has 1 aromatic heterocycles. The summed E-state index contributed by atoms with van der Waals surface area (Å²) in [5.74, 6) is 0. The van der Waals surface area contributed by atoms with Crippen molar-refractivity contribution in [2.45, 2.75) is 32.4 Å². The van der Waals surface area contributed by atoms with Crippen molar-refractivity contribution in [2.24, 2.45) is 5.73 Å². The summed E-state index contributed by atoms with van der Waals surface area (Å²) in [6.45, 7) is 3.99. The molecular weight excluding hydrogens is 216 g/mol. The van der Waals surface area contributed by atoms with E-state index in [1.807, 2.05) is 6.07 Å². The van der Waals surface area contributed by atoms with Gasteiger partial charge in [0.25, 0.3) is 0 Å². The molecule has 0 bridgehead atoms. The molecule has 1 aromatic rings. The fourth-order valence-electron chi connectivity index (χ4n) is 1.15. The molecule has 1 heterocycles.